The molecule has 0 saturated heterocycles. The highest BCUT2D eigenvalue weighted by atomic mass is 32.1. The van der Waals surface area contributed by atoms with Gasteiger partial charge in [0.05, 0.1) is 18.7 Å². The van der Waals surface area contributed by atoms with Crippen LogP contribution >= 0.6 is 11.3 Å². The normalized spacial score (nSPS) is 10.6. The monoisotopic (exact) mass is 429 g/mol. The maximum absolute atomic E-state index is 12.3. The summed E-state index contributed by atoms with van der Waals surface area (Å²) in [7, 11) is 0. The van der Waals surface area contributed by atoms with Gasteiger partial charge in [0, 0.05) is 34.6 Å². The number of hydrogen-bond donors (Lipinski definition) is 1. The number of nitrogens with zero attached hydrogens (tertiary/aromatic N) is 2. The van der Waals surface area contributed by atoms with E-state index in [0.717, 1.165) is 39.7 Å². The van der Waals surface area contributed by atoms with Gasteiger partial charge in [0.25, 0.3) is 0 Å². The summed E-state index contributed by atoms with van der Waals surface area (Å²) in [6, 6.07) is 19.6. The van der Waals surface area contributed by atoms with E-state index in [1.807, 2.05) is 66.0 Å². The number of ether oxygens (including phenoxy) is 1. The summed E-state index contributed by atoms with van der Waals surface area (Å²) in [6.45, 7) is 2.45. The number of rotatable bonds is 8. The lowest BCUT2D eigenvalue weighted by molar-refractivity contribution is -0.116. The highest BCUT2D eigenvalue weighted by molar-refractivity contribution is 7.13. The molecular weight excluding hydrogens is 406 g/mol. The van der Waals surface area contributed by atoms with Gasteiger partial charge in [-0.3, -0.25) is 9.78 Å². The fraction of sp³-hybridized carbons (Fsp3) is 0.160. The number of amides is 1. The van der Waals surface area contributed by atoms with Crippen molar-refractivity contribution in [2.45, 2.75) is 19.8 Å². The fourth-order valence-electron chi connectivity index (χ4n) is 3.10. The van der Waals surface area contributed by atoms with E-state index >= 15 is 0 Å². The van der Waals surface area contributed by atoms with Crippen LogP contribution in [-0.2, 0) is 11.2 Å². The number of pyridine rings is 1. The van der Waals surface area contributed by atoms with Crippen LogP contribution in [0.4, 0.5) is 5.69 Å². The van der Waals surface area contributed by atoms with E-state index in [1.54, 1.807) is 23.7 Å². The second-order valence-corrected chi connectivity index (χ2v) is 7.86. The molecule has 2 heterocycles. The van der Waals surface area contributed by atoms with Crippen molar-refractivity contribution in [2.75, 3.05) is 11.9 Å². The van der Waals surface area contributed by atoms with Gasteiger partial charge in [-0.25, -0.2) is 4.98 Å². The standard InChI is InChI=1S/C25H23N3O2S/c1-2-18-6-8-22(9-7-18)30-15-12-24(29)27-21-5-3-4-20(16-21)23-17-31-25(28-23)19-10-13-26-14-11-19/h3-11,13-14,16-17H,2,12,15H2,1H3,(H,27,29). The van der Waals surface area contributed by atoms with Crippen LogP contribution in [0.1, 0.15) is 18.9 Å². The molecule has 156 valence electrons. The molecule has 31 heavy (non-hydrogen) atoms. The van der Waals surface area contributed by atoms with E-state index in [0.29, 0.717) is 6.61 Å². The molecule has 2 aromatic heterocycles. The van der Waals surface area contributed by atoms with Crippen LogP contribution in [-0.4, -0.2) is 22.5 Å². The van der Waals surface area contributed by atoms with Crippen molar-refractivity contribution in [2.24, 2.45) is 0 Å². The van der Waals surface area contributed by atoms with Crippen LogP contribution in [0.3, 0.4) is 0 Å². The number of anilines is 1. The number of aryl methyl sites for hydroxylation is 1. The molecule has 1 N–H and O–H groups in total. The molecule has 4 rings (SSSR count). The van der Waals surface area contributed by atoms with Crippen molar-refractivity contribution in [1.82, 2.24) is 9.97 Å². The Kier molecular flexibility index (Phi) is 6.69. The van der Waals surface area contributed by atoms with Gasteiger partial charge in [0.2, 0.25) is 5.91 Å². The molecule has 0 radical (unpaired) electrons. The van der Waals surface area contributed by atoms with Crippen molar-refractivity contribution in [1.29, 1.82) is 0 Å². The van der Waals surface area contributed by atoms with E-state index < -0.39 is 0 Å². The van der Waals surface area contributed by atoms with Crippen molar-refractivity contribution in [3.05, 3.63) is 84.0 Å². The van der Waals surface area contributed by atoms with Crippen LogP contribution in [0.15, 0.2) is 78.4 Å². The first kappa shape index (κ1) is 20.8. The topological polar surface area (TPSA) is 64.1 Å². The van der Waals surface area contributed by atoms with Gasteiger partial charge in [-0.05, 0) is 48.4 Å². The van der Waals surface area contributed by atoms with Crippen LogP contribution < -0.4 is 10.1 Å². The Balaban J connectivity index is 1.34. The van der Waals surface area contributed by atoms with Gasteiger partial charge < -0.3 is 10.1 Å². The molecule has 0 atom stereocenters. The van der Waals surface area contributed by atoms with Crippen molar-refractivity contribution in [3.8, 4) is 27.6 Å². The molecule has 2 aromatic carbocycles. The van der Waals surface area contributed by atoms with Gasteiger partial charge in [0.1, 0.15) is 10.8 Å². The Morgan fingerprint density at radius 2 is 1.84 bits per heavy atom. The van der Waals surface area contributed by atoms with Crippen LogP contribution in [0.5, 0.6) is 5.75 Å². The highest BCUT2D eigenvalue weighted by Crippen LogP contribution is 2.29. The zero-order chi connectivity index (χ0) is 21.5. The van der Waals surface area contributed by atoms with Crippen LogP contribution in [0.25, 0.3) is 21.8 Å². The molecule has 0 bridgehead atoms. The molecule has 5 nitrogen and oxygen atoms in total. The number of carbonyl (C=O) groups excluding carboxylic acids is 1. The Morgan fingerprint density at radius 3 is 2.61 bits per heavy atom. The van der Waals surface area contributed by atoms with Gasteiger partial charge in [-0.1, -0.05) is 31.2 Å². The van der Waals surface area contributed by atoms with E-state index in [-0.39, 0.29) is 12.3 Å². The average molecular weight is 430 g/mol. The highest BCUT2D eigenvalue weighted by Gasteiger charge is 2.09. The molecule has 0 spiro atoms. The SMILES string of the molecule is CCc1ccc(OCCC(=O)Nc2cccc(-c3csc(-c4ccncc4)n3)c2)cc1. The zero-order valence-corrected chi connectivity index (χ0v) is 18.1. The number of carbonyl (C=O) groups is 1. The fourth-order valence-corrected chi connectivity index (χ4v) is 3.93. The summed E-state index contributed by atoms with van der Waals surface area (Å²) in [5, 5.41) is 5.91. The Bertz CT molecular complexity index is 1140. The van der Waals surface area contributed by atoms with Crippen molar-refractivity contribution in [3.63, 3.8) is 0 Å². The quantitative estimate of drug-likeness (QED) is 0.382. The lowest BCUT2D eigenvalue weighted by Gasteiger charge is -2.08. The summed E-state index contributed by atoms with van der Waals surface area (Å²) in [5.74, 6) is 0.693. The third-order valence-corrected chi connectivity index (χ3v) is 5.69. The molecule has 4 aromatic rings. The Morgan fingerprint density at radius 1 is 1.03 bits per heavy atom. The first-order valence-corrected chi connectivity index (χ1v) is 11.1. The lowest BCUT2D eigenvalue weighted by Crippen LogP contribution is -2.15. The number of nitrogens with one attached hydrogen (secondary N) is 1. The second kappa shape index (κ2) is 10.00. The van der Waals surface area contributed by atoms with Crippen molar-refractivity contribution >= 4 is 22.9 Å². The molecular formula is C25H23N3O2S. The third-order valence-electron chi connectivity index (χ3n) is 4.80. The number of benzene rings is 2. The van der Waals surface area contributed by atoms with Crippen LogP contribution in [0, 0.1) is 0 Å². The average Bonchev–Trinajstić information content (AvgIpc) is 3.31. The zero-order valence-electron chi connectivity index (χ0n) is 17.2. The van der Waals surface area contributed by atoms with E-state index in [9.17, 15) is 4.79 Å². The predicted octanol–water partition coefficient (Wildman–Crippen LogP) is 5.84. The Labute approximate surface area is 185 Å². The first-order chi connectivity index (χ1) is 15.2. The van der Waals surface area contributed by atoms with Gasteiger partial charge >= 0.3 is 0 Å². The molecule has 1 amide bonds. The van der Waals surface area contributed by atoms with Gasteiger partial charge in [0.15, 0.2) is 0 Å². The minimum Gasteiger partial charge on any atom is -0.493 e. The summed E-state index contributed by atoms with van der Waals surface area (Å²) >= 11 is 1.59. The molecule has 0 saturated carbocycles. The summed E-state index contributed by atoms with van der Waals surface area (Å²) in [4.78, 5) is 21.1. The predicted molar refractivity (Wildman–Crippen MR) is 125 cm³/mol. The largest absolute Gasteiger partial charge is 0.493 e. The minimum absolute atomic E-state index is 0.0851. The molecule has 6 heteroatoms. The third kappa shape index (κ3) is 5.55. The Hall–Kier alpha value is -3.51. The lowest BCUT2D eigenvalue weighted by atomic mass is 10.1. The smallest absolute Gasteiger partial charge is 0.227 e. The maximum Gasteiger partial charge on any atom is 0.227 e. The molecule has 0 aliphatic carbocycles. The summed E-state index contributed by atoms with van der Waals surface area (Å²) in [5.41, 5.74) is 4.89. The van der Waals surface area contributed by atoms with Gasteiger partial charge in [-0.2, -0.15) is 0 Å². The number of aromatic nitrogens is 2. The number of thiazole rings is 1. The molecule has 0 aliphatic heterocycles. The maximum atomic E-state index is 12.3. The molecule has 0 fully saturated rings. The first-order valence-electron chi connectivity index (χ1n) is 10.2. The van der Waals surface area contributed by atoms with E-state index in [4.69, 9.17) is 9.72 Å². The van der Waals surface area contributed by atoms with E-state index in [1.165, 1.54) is 5.56 Å². The van der Waals surface area contributed by atoms with Gasteiger partial charge in [-0.15, -0.1) is 11.3 Å². The second-order valence-electron chi connectivity index (χ2n) is 7.00. The van der Waals surface area contributed by atoms with Crippen LogP contribution in [0.2, 0.25) is 0 Å². The van der Waals surface area contributed by atoms with Crippen molar-refractivity contribution < 1.29 is 9.53 Å². The molecule has 0 unspecified atom stereocenters. The summed E-state index contributed by atoms with van der Waals surface area (Å²) in [6.07, 6.45) is 4.79. The number of hydrogen-bond acceptors (Lipinski definition) is 5. The minimum atomic E-state index is -0.0851. The molecule has 0 aliphatic rings. The summed E-state index contributed by atoms with van der Waals surface area (Å²) < 4.78 is 5.68. The van der Waals surface area contributed by atoms with E-state index in [2.05, 4.69) is 17.2 Å².